The van der Waals surface area contributed by atoms with E-state index in [1.807, 2.05) is 20.8 Å². The number of halogens is 3. The molecule has 0 aliphatic rings. The maximum atomic E-state index is 12.0. The Morgan fingerprint density at radius 3 is 2.40 bits per heavy atom. The number of hydrogen-bond donors (Lipinski definition) is 0. The summed E-state index contributed by atoms with van der Waals surface area (Å²) in [7, 11) is 0. The number of alkyl halides is 3. The van der Waals surface area contributed by atoms with Crippen LogP contribution >= 0.6 is 0 Å². The molecule has 0 heterocycles. The topological polar surface area (TPSA) is 12.4 Å². The van der Waals surface area contributed by atoms with Crippen LogP contribution in [0.1, 0.15) is 27.2 Å². The summed E-state index contributed by atoms with van der Waals surface area (Å²) in [6.07, 6.45) is -1.25. The summed E-state index contributed by atoms with van der Waals surface area (Å²) in [6, 6.07) is 0. The molecule has 0 saturated heterocycles. The van der Waals surface area contributed by atoms with E-state index in [4.69, 9.17) is 0 Å². The Hall–Kier alpha value is -1.06. The van der Waals surface area contributed by atoms with Crippen LogP contribution in [0.15, 0.2) is 28.9 Å². The van der Waals surface area contributed by atoms with Crippen molar-refractivity contribution >= 4 is 6.21 Å². The number of nitrogens with zero attached hydrogens (tertiary/aromatic N) is 1. The summed E-state index contributed by atoms with van der Waals surface area (Å²) >= 11 is 0. The lowest BCUT2D eigenvalue weighted by Crippen LogP contribution is -2.11. The van der Waals surface area contributed by atoms with E-state index in [1.54, 1.807) is 0 Å². The first-order valence-electron chi connectivity index (χ1n) is 4.75. The zero-order valence-electron chi connectivity index (χ0n) is 9.23. The smallest absolute Gasteiger partial charge is 0.264 e. The first-order chi connectivity index (χ1) is 6.79. The summed E-state index contributed by atoms with van der Waals surface area (Å²) in [4.78, 5) is 3.60. The highest BCUT2D eigenvalue weighted by atomic mass is 19.4. The summed E-state index contributed by atoms with van der Waals surface area (Å²) < 4.78 is 36.0. The van der Waals surface area contributed by atoms with Crippen molar-refractivity contribution in [1.29, 1.82) is 0 Å². The van der Waals surface area contributed by atoms with Crippen molar-refractivity contribution < 1.29 is 13.2 Å². The Morgan fingerprint density at radius 2 is 2.00 bits per heavy atom. The van der Waals surface area contributed by atoms with Crippen LogP contribution in [-0.4, -0.2) is 12.4 Å². The van der Waals surface area contributed by atoms with Crippen molar-refractivity contribution in [3.63, 3.8) is 0 Å². The predicted molar refractivity (Wildman–Crippen MR) is 56.9 cm³/mol. The van der Waals surface area contributed by atoms with E-state index in [1.165, 1.54) is 6.20 Å². The average molecular weight is 219 g/mol. The Kier molecular flexibility index (Phi) is 5.33. The molecule has 0 aliphatic heterocycles. The fraction of sp³-hybridized carbons (Fsp3) is 0.545. The minimum atomic E-state index is -4.39. The number of rotatable bonds is 4. The quantitative estimate of drug-likeness (QED) is 0.630. The van der Waals surface area contributed by atoms with Gasteiger partial charge < -0.3 is 0 Å². The molecule has 0 radical (unpaired) electrons. The van der Waals surface area contributed by atoms with E-state index in [2.05, 4.69) is 11.6 Å². The number of hydrogen-bond acceptors (Lipinski definition) is 1. The molecule has 0 unspecified atom stereocenters. The molecule has 0 aliphatic carbocycles. The second-order valence-electron chi connectivity index (χ2n) is 3.48. The van der Waals surface area contributed by atoms with E-state index < -0.39 is 11.7 Å². The van der Waals surface area contributed by atoms with Crippen LogP contribution < -0.4 is 0 Å². The lowest BCUT2D eigenvalue weighted by Gasteiger charge is -2.07. The molecule has 0 N–H and O–H groups in total. The summed E-state index contributed by atoms with van der Waals surface area (Å²) in [6.45, 7) is 8.75. The van der Waals surface area contributed by atoms with Crippen molar-refractivity contribution in [1.82, 2.24) is 0 Å². The van der Waals surface area contributed by atoms with Gasteiger partial charge in [0.15, 0.2) is 0 Å². The molecule has 0 spiro atoms. The van der Waals surface area contributed by atoms with Gasteiger partial charge in [-0.1, -0.05) is 26.0 Å². The highest BCUT2D eigenvalue weighted by molar-refractivity contribution is 5.79. The van der Waals surface area contributed by atoms with Crippen molar-refractivity contribution in [3.05, 3.63) is 23.9 Å². The molecule has 15 heavy (non-hydrogen) atoms. The Labute approximate surface area is 88.4 Å². The maximum Gasteiger partial charge on any atom is 0.417 e. The Balaban J connectivity index is 4.38. The molecule has 0 amide bonds. The van der Waals surface area contributed by atoms with Gasteiger partial charge in [-0.25, -0.2) is 0 Å². The van der Waals surface area contributed by atoms with Gasteiger partial charge in [0.25, 0.3) is 0 Å². The van der Waals surface area contributed by atoms with Gasteiger partial charge >= 0.3 is 6.18 Å². The molecule has 0 rings (SSSR count). The zero-order chi connectivity index (χ0) is 12.1. The maximum absolute atomic E-state index is 12.0. The third kappa shape index (κ3) is 5.40. The predicted octanol–water partition coefficient (Wildman–Crippen LogP) is 4.13. The molecule has 0 fully saturated rings. The summed E-state index contributed by atoms with van der Waals surface area (Å²) in [5.41, 5.74) is 0.0272. The van der Waals surface area contributed by atoms with E-state index in [0.29, 0.717) is 5.92 Å². The molecular formula is C11H16F3N. The Morgan fingerprint density at radius 1 is 1.47 bits per heavy atom. The van der Waals surface area contributed by atoms with Crippen LogP contribution in [0.25, 0.3) is 0 Å². The lowest BCUT2D eigenvalue weighted by atomic mass is 10.0. The largest absolute Gasteiger partial charge is 0.417 e. The SMILES string of the molecule is C=C(C=N/C=C(/C)[C@H](C)CC)C(F)(F)F. The van der Waals surface area contributed by atoms with Gasteiger partial charge in [0.1, 0.15) is 0 Å². The fourth-order valence-electron chi connectivity index (χ4n) is 0.767. The van der Waals surface area contributed by atoms with Gasteiger partial charge in [0.2, 0.25) is 0 Å². The number of allylic oxidation sites excluding steroid dienone is 2. The minimum absolute atomic E-state index is 0.335. The van der Waals surface area contributed by atoms with Gasteiger partial charge in [0.05, 0.1) is 5.57 Å². The van der Waals surface area contributed by atoms with E-state index in [9.17, 15) is 13.2 Å². The highest BCUT2D eigenvalue weighted by Crippen LogP contribution is 2.22. The minimum Gasteiger partial charge on any atom is -0.264 e. The van der Waals surface area contributed by atoms with Crippen molar-refractivity contribution in [2.45, 2.75) is 33.4 Å². The van der Waals surface area contributed by atoms with E-state index in [-0.39, 0.29) is 0 Å². The van der Waals surface area contributed by atoms with Crippen LogP contribution in [0.3, 0.4) is 0 Å². The van der Waals surface area contributed by atoms with Crippen LogP contribution in [0, 0.1) is 5.92 Å². The van der Waals surface area contributed by atoms with E-state index in [0.717, 1.165) is 18.2 Å². The van der Waals surface area contributed by atoms with Gasteiger partial charge in [-0.3, -0.25) is 4.99 Å². The van der Waals surface area contributed by atoms with Crippen LogP contribution in [-0.2, 0) is 0 Å². The molecular weight excluding hydrogens is 203 g/mol. The van der Waals surface area contributed by atoms with Crippen molar-refractivity contribution in [3.8, 4) is 0 Å². The molecule has 0 aromatic heterocycles. The van der Waals surface area contributed by atoms with Crippen LogP contribution in [0.5, 0.6) is 0 Å². The molecule has 0 aromatic carbocycles. The van der Waals surface area contributed by atoms with Gasteiger partial charge in [-0.05, 0) is 19.3 Å². The second kappa shape index (κ2) is 5.73. The lowest BCUT2D eigenvalue weighted by molar-refractivity contribution is -0.0852. The third-order valence-electron chi connectivity index (χ3n) is 2.26. The summed E-state index contributed by atoms with van der Waals surface area (Å²) in [5, 5.41) is 0. The van der Waals surface area contributed by atoms with Gasteiger partial charge in [-0.15, -0.1) is 0 Å². The molecule has 0 saturated carbocycles. The third-order valence-corrected chi connectivity index (χ3v) is 2.26. The normalized spacial score (nSPS) is 15.7. The van der Waals surface area contributed by atoms with Gasteiger partial charge in [-0.2, -0.15) is 13.2 Å². The standard InChI is InChI=1S/C11H16F3N/c1-5-8(2)9(3)6-15-7-10(4)11(12,13)14/h6-8H,4-5H2,1-3H3/b9-6-,15-7?/t8-/m1/s1. The summed E-state index contributed by atoms with van der Waals surface area (Å²) in [5.74, 6) is 0.335. The van der Waals surface area contributed by atoms with Crippen molar-refractivity contribution in [2.24, 2.45) is 10.9 Å². The second-order valence-corrected chi connectivity index (χ2v) is 3.48. The molecule has 86 valence electrons. The Bertz CT molecular complexity index is 274. The molecule has 0 bridgehead atoms. The number of aliphatic imine (C=N–C) groups is 1. The molecule has 4 heteroatoms. The molecule has 1 nitrogen and oxygen atoms in total. The van der Waals surface area contributed by atoms with Crippen molar-refractivity contribution in [2.75, 3.05) is 0 Å². The van der Waals surface area contributed by atoms with Crippen LogP contribution in [0.2, 0.25) is 0 Å². The van der Waals surface area contributed by atoms with Crippen LogP contribution in [0.4, 0.5) is 13.2 Å². The zero-order valence-corrected chi connectivity index (χ0v) is 9.23. The molecule has 1 atom stereocenters. The van der Waals surface area contributed by atoms with E-state index >= 15 is 0 Å². The van der Waals surface area contributed by atoms with Gasteiger partial charge in [0, 0.05) is 12.4 Å². The first kappa shape index (κ1) is 13.9. The fourth-order valence-corrected chi connectivity index (χ4v) is 0.767. The first-order valence-corrected chi connectivity index (χ1v) is 4.75. The monoisotopic (exact) mass is 219 g/mol. The average Bonchev–Trinajstić information content (AvgIpc) is 2.14. The highest BCUT2D eigenvalue weighted by Gasteiger charge is 2.30. The molecule has 0 aromatic rings.